The lowest BCUT2D eigenvalue weighted by Gasteiger charge is -2.15. The average Bonchev–Trinajstić information content (AvgIpc) is 2.39. The monoisotopic (exact) mass is 284 g/mol. The van der Waals surface area contributed by atoms with Crippen LogP contribution in [0.3, 0.4) is 0 Å². The minimum Gasteiger partial charge on any atom is -0.455 e. The van der Waals surface area contributed by atoms with Crippen LogP contribution in [0.15, 0.2) is 18.2 Å². The Morgan fingerprint density at radius 3 is 2.48 bits per heavy atom. The molecule has 0 spiro atoms. The molecule has 0 aromatic carbocycles. The van der Waals surface area contributed by atoms with Crippen molar-refractivity contribution in [3.8, 4) is 11.5 Å². The number of nitrogens with zero attached hydrogens (tertiary/aromatic N) is 2. The van der Waals surface area contributed by atoms with Crippen molar-refractivity contribution in [3.63, 3.8) is 0 Å². The summed E-state index contributed by atoms with van der Waals surface area (Å²) in [5.74, 6) is 1.19. The number of nitrogens with one attached hydrogen (secondary N) is 1. The van der Waals surface area contributed by atoms with Crippen molar-refractivity contribution in [2.45, 2.75) is 34.1 Å². The Bertz CT molecular complexity index is 695. The number of pyridine rings is 2. The van der Waals surface area contributed by atoms with Crippen molar-refractivity contribution >= 4 is 5.84 Å². The fourth-order valence-electron chi connectivity index (χ4n) is 2.26. The van der Waals surface area contributed by atoms with Gasteiger partial charge in [-0.15, -0.1) is 0 Å². The maximum Gasteiger partial charge on any atom is 0.148 e. The van der Waals surface area contributed by atoms with Gasteiger partial charge in [0.2, 0.25) is 0 Å². The lowest BCUT2D eigenvalue weighted by molar-refractivity contribution is 0.470. The molecule has 0 aliphatic heterocycles. The first-order valence-corrected chi connectivity index (χ1v) is 6.89. The fourth-order valence-corrected chi connectivity index (χ4v) is 2.26. The van der Waals surface area contributed by atoms with E-state index in [1.807, 2.05) is 39.8 Å². The van der Waals surface area contributed by atoms with Crippen LogP contribution in [0.5, 0.6) is 11.5 Å². The van der Waals surface area contributed by atoms with Crippen LogP contribution in [0, 0.1) is 26.2 Å². The van der Waals surface area contributed by atoms with Crippen molar-refractivity contribution in [1.82, 2.24) is 9.97 Å². The van der Waals surface area contributed by atoms with Crippen LogP contribution >= 0.6 is 0 Å². The third-order valence-corrected chi connectivity index (χ3v) is 3.19. The molecular weight excluding hydrogens is 264 g/mol. The van der Waals surface area contributed by atoms with Gasteiger partial charge in [0.1, 0.15) is 17.3 Å². The predicted molar refractivity (Wildman–Crippen MR) is 83.2 cm³/mol. The molecule has 0 amide bonds. The van der Waals surface area contributed by atoms with E-state index in [1.54, 1.807) is 6.07 Å². The van der Waals surface area contributed by atoms with Crippen molar-refractivity contribution in [2.24, 2.45) is 5.73 Å². The summed E-state index contributed by atoms with van der Waals surface area (Å²) in [5.41, 5.74) is 9.54. The summed E-state index contributed by atoms with van der Waals surface area (Å²) in [6.45, 7) is 7.69. The zero-order valence-corrected chi connectivity index (χ0v) is 12.8. The summed E-state index contributed by atoms with van der Waals surface area (Å²) in [6.07, 6.45) is 0.773. The number of hydrogen-bond acceptors (Lipinski definition) is 4. The summed E-state index contributed by atoms with van der Waals surface area (Å²) < 4.78 is 5.99. The number of ether oxygens (including phenoxy) is 1. The third kappa shape index (κ3) is 3.18. The molecule has 5 heteroatoms. The normalized spacial score (nSPS) is 10.5. The number of aromatic nitrogens is 2. The smallest absolute Gasteiger partial charge is 0.148 e. The molecule has 21 heavy (non-hydrogen) atoms. The maximum absolute atomic E-state index is 7.73. The van der Waals surface area contributed by atoms with Gasteiger partial charge in [0.15, 0.2) is 0 Å². The molecule has 0 aliphatic rings. The topological polar surface area (TPSA) is 84.9 Å². The molecule has 0 radical (unpaired) electrons. The van der Waals surface area contributed by atoms with E-state index in [4.69, 9.17) is 15.9 Å². The molecule has 0 atom stereocenters. The van der Waals surface area contributed by atoms with Crippen LogP contribution in [-0.2, 0) is 6.42 Å². The second kappa shape index (κ2) is 5.91. The van der Waals surface area contributed by atoms with E-state index in [0.29, 0.717) is 22.8 Å². The van der Waals surface area contributed by atoms with E-state index in [2.05, 4.69) is 9.97 Å². The lowest BCUT2D eigenvalue weighted by Crippen LogP contribution is -2.15. The summed E-state index contributed by atoms with van der Waals surface area (Å²) >= 11 is 0. The first kappa shape index (κ1) is 15.0. The molecule has 2 aromatic rings. The Labute approximate surface area is 124 Å². The molecule has 0 fully saturated rings. The molecule has 0 saturated heterocycles. The SMILES string of the molecule is CCc1nc(C)ccc1Oc1cc(C)nc(C)c1C(=N)N. The molecule has 0 bridgehead atoms. The lowest BCUT2D eigenvalue weighted by atomic mass is 10.1. The quantitative estimate of drug-likeness (QED) is 0.667. The van der Waals surface area contributed by atoms with Crippen molar-refractivity contribution in [1.29, 1.82) is 5.41 Å². The van der Waals surface area contributed by atoms with E-state index < -0.39 is 0 Å². The first-order valence-electron chi connectivity index (χ1n) is 6.89. The molecular formula is C16H20N4O. The van der Waals surface area contributed by atoms with Crippen LogP contribution in [0.25, 0.3) is 0 Å². The van der Waals surface area contributed by atoms with Gasteiger partial charge < -0.3 is 10.5 Å². The minimum absolute atomic E-state index is 0.0480. The number of nitrogen functional groups attached to an aromatic ring is 1. The van der Waals surface area contributed by atoms with Crippen LogP contribution in [-0.4, -0.2) is 15.8 Å². The van der Waals surface area contributed by atoms with Gasteiger partial charge in [-0.1, -0.05) is 6.92 Å². The van der Waals surface area contributed by atoms with E-state index in [0.717, 1.165) is 23.5 Å². The molecule has 0 aliphatic carbocycles. The standard InChI is InChI=1S/C16H20N4O/c1-5-12-13(7-6-9(2)20-12)21-14-8-10(3)19-11(4)15(14)16(17)18/h6-8H,5H2,1-4H3,(H3,17,18). The zero-order chi connectivity index (χ0) is 15.6. The number of hydrogen-bond donors (Lipinski definition) is 2. The van der Waals surface area contributed by atoms with Gasteiger partial charge in [-0.2, -0.15) is 0 Å². The van der Waals surface area contributed by atoms with E-state index in [1.165, 1.54) is 0 Å². The largest absolute Gasteiger partial charge is 0.455 e. The molecule has 2 heterocycles. The summed E-state index contributed by atoms with van der Waals surface area (Å²) in [7, 11) is 0. The Morgan fingerprint density at radius 2 is 1.86 bits per heavy atom. The van der Waals surface area contributed by atoms with E-state index in [-0.39, 0.29) is 5.84 Å². The predicted octanol–water partition coefficient (Wildman–Crippen LogP) is 3.04. The second-order valence-corrected chi connectivity index (χ2v) is 4.99. The van der Waals surface area contributed by atoms with Crippen molar-refractivity contribution in [2.75, 3.05) is 0 Å². The van der Waals surface area contributed by atoms with Gasteiger partial charge in [-0.3, -0.25) is 15.4 Å². The molecule has 110 valence electrons. The van der Waals surface area contributed by atoms with E-state index >= 15 is 0 Å². The van der Waals surface area contributed by atoms with Crippen LogP contribution in [0.4, 0.5) is 0 Å². The highest BCUT2D eigenvalue weighted by Gasteiger charge is 2.15. The Morgan fingerprint density at radius 1 is 1.14 bits per heavy atom. The highest BCUT2D eigenvalue weighted by molar-refractivity contribution is 5.98. The Hall–Kier alpha value is -2.43. The molecule has 5 nitrogen and oxygen atoms in total. The van der Waals surface area contributed by atoms with Crippen LogP contribution in [0.2, 0.25) is 0 Å². The summed E-state index contributed by atoms with van der Waals surface area (Å²) in [6, 6.07) is 5.60. The Kier molecular flexibility index (Phi) is 4.21. The van der Waals surface area contributed by atoms with Gasteiger partial charge in [0.05, 0.1) is 17.0 Å². The molecule has 0 saturated carbocycles. The third-order valence-electron chi connectivity index (χ3n) is 3.19. The van der Waals surface area contributed by atoms with Crippen LogP contribution < -0.4 is 10.5 Å². The summed E-state index contributed by atoms with van der Waals surface area (Å²) in [5, 5.41) is 7.73. The van der Waals surface area contributed by atoms with Gasteiger partial charge >= 0.3 is 0 Å². The van der Waals surface area contributed by atoms with Crippen molar-refractivity contribution < 1.29 is 4.74 Å². The minimum atomic E-state index is -0.0480. The van der Waals surface area contributed by atoms with E-state index in [9.17, 15) is 0 Å². The highest BCUT2D eigenvalue weighted by atomic mass is 16.5. The van der Waals surface area contributed by atoms with Gasteiger partial charge in [0, 0.05) is 17.5 Å². The maximum atomic E-state index is 7.73. The van der Waals surface area contributed by atoms with Crippen LogP contribution in [0.1, 0.15) is 35.3 Å². The fraction of sp³-hybridized carbons (Fsp3) is 0.312. The number of amidine groups is 1. The zero-order valence-electron chi connectivity index (χ0n) is 12.8. The van der Waals surface area contributed by atoms with Gasteiger partial charge in [-0.05, 0) is 39.3 Å². The van der Waals surface area contributed by atoms with Gasteiger partial charge in [0.25, 0.3) is 0 Å². The highest BCUT2D eigenvalue weighted by Crippen LogP contribution is 2.29. The Balaban J connectivity index is 2.51. The summed E-state index contributed by atoms with van der Waals surface area (Å²) in [4.78, 5) is 8.82. The molecule has 0 unspecified atom stereocenters. The molecule has 3 N–H and O–H groups in total. The average molecular weight is 284 g/mol. The molecule has 2 rings (SSSR count). The number of nitrogens with two attached hydrogens (primary N) is 1. The molecule has 2 aromatic heterocycles. The van der Waals surface area contributed by atoms with Crippen molar-refractivity contribution in [3.05, 3.63) is 46.5 Å². The first-order chi connectivity index (χ1) is 9.92. The number of aryl methyl sites for hydroxylation is 4. The van der Waals surface area contributed by atoms with Gasteiger partial charge in [-0.25, -0.2) is 0 Å². The number of rotatable bonds is 4. The second-order valence-electron chi connectivity index (χ2n) is 4.99.